The van der Waals surface area contributed by atoms with Gasteiger partial charge in [0.15, 0.2) is 0 Å². The topological polar surface area (TPSA) is 83.8 Å². The summed E-state index contributed by atoms with van der Waals surface area (Å²) in [4.78, 5) is 19.7. The van der Waals surface area contributed by atoms with Gasteiger partial charge in [-0.3, -0.25) is 9.13 Å². The second-order valence-electron chi connectivity index (χ2n) is 5.98. The molecule has 2 aromatic rings. The Labute approximate surface area is 148 Å². The van der Waals surface area contributed by atoms with Crippen LogP contribution in [0, 0.1) is 0 Å². The van der Waals surface area contributed by atoms with Crippen LogP contribution in [-0.2, 0) is 26.3 Å². The average molecular weight is 382 g/mol. The molecule has 0 aliphatic rings. The lowest BCUT2D eigenvalue weighted by Crippen LogP contribution is -1.99. The van der Waals surface area contributed by atoms with Gasteiger partial charge in [0.25, 0.3) is 0 Å². The van der Waals surface area contributed by atoms with Crippen molar-refractivity contribution in [3.63, 3.8) is 0 Å². The molecule has 0 spiro atoms. The normalized spacial score (nSPS) is 16.1. The van der Waals surface area contributed by atoms with Crippen LogP contribution in [0.25, 0.3) is 0 Å². The van der Waals surface area contributed by atoms with Crippen LogP contribution in [0.1, 0.15) is 24.0 Å². The average Bonchev–Trinajstić information content (AvgIpc) is 2.55. The van der Waals surface area contributed by atoms with Gasteiger partial charge in [0, 0.05) is 0 Å². The molecule has 0 saturated heterocycles. The highest BCUT2D eigenvalue weighted by Crippen LogP contribution is 2.59. The van der Waals surface area contributed by atoms with Gasteiger partial charge in [-0.25, -0.2) is 4.31 Å². The predicted octanol–water partition coefficient (Wildman–Crippen LogP) is 4.64. The van der Waals surface area contributed by atoms with Crippen molar-refractivity contribution in [3.8, 4) is 0 Å². The fourth-order valence-electron chi connectivity index (χ4n) is 2.54. The molecule has 2 N–H and O–H groups in total. The summed E-state index contributed by atoms with van der Waals surface area (Å²) in [6.07, 6.45) is 1.82. The highest BCUT2D eigenvalue weighted by atomic mass is 31.3. The molecule has 0 bridgehead atoms. The zero-order valence-electron chi connectivity index (χ0n) is 14.0. The van der Waals surface area contributed by atoms with E-state index in [1.807, 2.05) is 60.7 Å². The molecular weight excluding hydrogens is 358 g/mol. The van der Waals surface area contributed by atoms with E-state index in [2.05, 4.69) is 0 Å². The first kappa shape index (κ1) is 20.1. The van der Waals surface area contributed by atoms with E-state index in [0.717, 1.165) is 11.1 Å². The number of benzene rings is 2. The Hall–Kier alpha value is -1.22. The van der Waals surface area contributed by atoms with Crippen molar-refractivity contribution in [2.75, 3.05) is 12.3 Å². The summed E-state index contributed by atoms with van der Waals surface area (Å²) in [5.41, 5.74) is 2.11. The Kier molecular flexibility index (Phi) is 7.61. The molecule has 0 fully saturated rings. The SMILES string of the molecule is O=P(O)(CCCc1ccccc1)OP(=O)(O)CCCc1ccccc1. The minimum atomic E-state index is -4.08. The number of rotatable bonds is 10. The van der Waals surface area contributed by atoms with Gasteiger partial charge in [-0.15, -0.1) is 0 Å². The maximum atomic E-state index is 12.1. The Morgan fingerprint density at radius 2 is 1.04 bits per heavy atom. The Morgan fingerprint density at radius 3 is 1.40 bits per heavy atom. The summed E-state index contributed by atoms with van der Waals surface area (Å²) in [6, 6.07) is 19.2. The van der Waals surface area contributed by atoms with E-state index in [0.29, 0.717) is 25.7 Å². The van der Waals surface area contributed by atoms with Gasteiger partial charge in [0.1, 0.15) is 0 Å². The van der Waals surface area contributed by atoms with Crippen molar-refractivity contribution >= 4 is 15.2 Å². The van der Waals surface area contributed by atoms with Gasteiger partial charge < -0.3 is 9.79 Å². The van der Waals surface area contributed by atoms with E-state index in [1.54, 1.807) is 0 Å². The molecule has 5 nitrogen and oxygen atoms in total. The number of aryl methyl sites for hydroxylation is 2. The van der Waals surface area contributed by atoms with Gasteiger partial charge in [0.05, 0.1) is 12.3 Å². The molecule has 25 heavy (non-hydrogen) atoms. The van der Waals surface area contributed by atoms with Crippen LogP contribution >= 0.6 is 15.2 Å². The fourth-order valence-corrected chi connectivity index (χ4v) is 5.90. The molecule has 2 aromatic carbocycles. The van der Waals surface area contributed by atoms with Crippen LogP contribution in [0.3, 0.4) is 0 Å². The summed E-state index contributed by atoms with van der Waals surface area (Å²) in [6.45, 7) is 0. The molecule has 7 heteroatoms. The number of hydrogen-bond acceptors (Lipinski definition) is 3. The van der Waals surface area contributed by atoms with Crippen LogP contribution in [0.2, 0.25) is 0 Å². The summed E-state index contributed by atoms with van der Waals surface area (Å²) in [5.74, 6) is 0. The highest BCUT2D eigenvalue weighted by Gasteiger charge is 2.31. The first-order chi connectivity index (χ1) is 11.9. The van der Waals surface area contributed by atoms with Crippen molar-refractivity contribution in [1.29, 1.82) is 0 Å². The quantitative estimate of drug-likeness (QED) is 0.585. The lowest BCUT2D eigenvalue weighted by atomic mass is 10.1. The van der Waals surface area contributed by atoms with Crippen LogP contribution in [0.5, 0.6) is 0 Å². The molecule has 2 atom stereocenters. The van der Waals surface area contributed by atoms with Crippen LogP contribution in [0.4, 0.5) is 0 Å². The molecule has 0 aliphatic carbocycles. The largest absolute Gasteiger partial charge is 0.335 e. The van der Waals surface area contributed by atoms with Gasteiger partial charge in [-0.1, -0.05) is 60.7 Å². The van der Waals surface area contributed by atoms with E-state index in [-0.39, 0.29) is 12.3 Å². The third kappa shape index (κ3) is 8.13. The van der Waals surface area contributed by atoms with E-state index < -0.39 is 15.2 Å². The van der Waals surface area contributed by atoms with Crippen molar-refractivity contribution in [3.05, 3.63) is 71.8 Å². The predicted molar refractivity (Wildman–Crippen MR) is 100.0 cm³/mol. The fraction of sp³-hybridized carbons (Fsp3) is 0.333. The Balaban J connectivity index is 1.75. The molecular formula is C18H24O5P2. The Bertz CT molecular complexity index is 670. The molecule has 2 rings (SSSR count). The standard InChI is InChI=1S/C18H24O5P2/c19-24(20,15-7-13-17-9-3-1-4-10-17)23-25(21,22)16-8-14-18-11-5-2-6-12-18/h1-6,9-12H,7-8,13-16H2,(H,19,20)(H,21,22). The molecule has 0 amide bonds. The lowest BCUT2D eigenvalue weighted by molar-refractivity contribution is 0.330. The van der Waals surface area contributed by atoms with E-state index in [1.165, 1.54) is 0 Å². The second kappa shape index (κ2) is 9.47. The lowest BCUT2D eigenvalue weighted by Gasteiger charge is -2.17. The molecule has 0 saturated carbocycles. The molecule has 2 unspecified atom stereocenters. The van der Waals surface area contributed by atoms with Crippen molar-refractivity contribution in [1.82, 2.24) is 0 Å². The smallest absolute Gasteiger partial charge is 0.324 e. The molecule has 0 aliphatic heterocycles. The maximum absolute atomic E-state index is 12.1. The molecule has 0 aromatic heterocycles. The van der Waals surface area contributed by atoms with Crippen molar-refractivity contribution in [2.45, 2.75) is 25.7 Å². The third-order valence-electron chi connectivity index (χ3n) is 3.75. The van der Waals surface area contributed by atoms with E-state index in [4.69, 9.17) is 4.31 Å². The third-order valence-corrected chi connectivity index (χ3v) is 7.56. The number of hydrogen-bond donors (Lipinski definition) is 2. The van der Waals surface area contributed by atoms with Crippen molar-refractivity contribution < 1.29 is 23.2 Å². The van der Waals surface area contributed by atoms with E-state index in [9.17, 15) is 18.9 Å². The monoisotopic (exact) mass is 382 g/mol. The Morgan fingerprint density at radius 1 is 0.680 bits per heavy atom. The first-order valence-electron chi connectivity index (χ1n) is 8.29. The highest BCUT2D eigenvalue weighted by molar-refractivity contribution is 7.66. The van der Waals surface area contributed by atoms with Gasteiger partial charge in [-0.2, -0.15) is 0 Å². The molecule has 136 valence electrons. The molecule has 0 radical (unpaired) electrons. The van der Waals surface area contributed by atoms with Crippen molar-refractivity contribution in [2.24, 2.45) is 0 Å². The second-order valence-corrected chi connectivity index (χ2v) is 10.1. The minimum absolute atomic E-state index is 0.134. The summed E-state index contributed by atoms with van der Waals surface area (Å²) >= 11 is 0. The van der Waals surface area contributed by atoms with E-state index >= 15 is 0 Å². The zero-order chi connectivity index (χ0) is 18.2. The summed E-state index contributed by atoms with van der Waals surface area (Å²) in [5, 5.41) is 0. The summed E-state index contributed by atoms with van der Waals surface area (Å²) in [7, 11) is -8.15. The first-order valence-corrected chi connectivity index (χ1v) is 11.8. The van der Waals surface area contributed by atoms with Gasteiger partial charge in [0.2, 0.25) is 0 Å². The van der Waals surface area contributed by atoms with Gasteiger partial charge >= 0.3 is 15.2 Å². The van der Waals surface area contributed by atoms with Crippen LogP contribution in [-0.4, -0.2) is 22.1 Å². The van der Waals surface area contributed by atoms with Gasteiger partial charge in [-0.05, 0) is 36.8 Å². The molecule has 0 heterocycles. The minimum Gasteiger partial charge on any atom is -0.324 e. The van der Waals surface area contributed by atoms with Crippen LogP contribution < -0.4 is 0 Å². The summed E-state index contributed by atoms with van der Waals surface area (Å²) < 4.78 is 28.8. The maximum Gasteiger partial charge on any atom is 0.335 e. The van der Waals surface area contributed by atoms with Crippen LogP contribution in [0.15, 0.2) is 60.7 Å². The zero-order valence-corrected chi connectivity index (χ0v) is 15.8.